The molecule has 66 valence electrons. The molecule has 1 fully saturated rings. The van der Waals surface area contributed by atoms with E-state index in [2.05, 4.69) is 11.8 Å². The number of hydrogen-bond donors (Lipinski definition) is 1. The zero-order valence-electron chi connectivity index (χ0n) is 7.18. The molecule has 1 aliphatic rings. The van der Waals surface area contributed by atoms with E-state index < -0.39 is 5.97 Å². The van der Waals surface area contributed by atoms with E-state index in [1.165, 1.54) is 25.7 Å². The highest BCUT2D eigenvalue weighted by molar-refractivity contribution is 5.69. The maximum atomic E-state index is 10.1. The second-order valence-corrected chi connectivity index (χ2v) is 3.28. The topological polar surface area (TPSA) is 37.3 Å². The summed E-state index contributed by atoms with van der Waals surface area (Å²) >= 11 is 0. The molecule has 0 spiro atoms. The van der Waals surface area contributed by atoms with Crippen molar-refractivity contribution < 1.29 is 9.90 Å². The first-order valence-electron chi connectivity index (χ1n) is 4.46. The van der Waals surface area contributed by atoms with Gasteiger partial charge in [-0.05, 0) is 18.8 Å². The molecule has 0 unspecified atom stereocenters. The SMILES string of the molecule is O=C(O)CC#CCC1CCCC1. The van der Waals surface area contributed by atoms with Crippen molar-refractivity contribution >= 4 is 5.97 Å². The number of rotatable bonds is 2. The van der Waals surface area contributed by atoms with E-state index in [-0.39, 0.29) is 6.42 Å². The first kappa shape index (κ1) is 9.12. The van der Waals surface area contributed by atoms with Crippen LogP contribution in [0, 0.1) is 17.8 Å². The molecule has 1 saturated carbocycles. The minimum atomic E-state index is -0.825. The van der Waals surface area contributed by atoms with Crippen LogP contribution in [0.1, 0.15) is 38.5 Å². The highest BCUT2D eigenvalue weighted by Gasteiger charge is 2.12. The van der Waals surface area contributed by atoms with Gasteiger partial charge in [0.05, 0.1) is 0 Å². The van der Waals surface area contributed by atoms with Gasteiger partial charge in [0.1, 0.15) is 6.42 Å². The summed E-state index contributed by atoms with van der Waals surface area (Å²) in [5.41, 5.74) is 0. The maximum Gasteiger partial charge on any atom is 0.315 e. The van der Waals surface area contributed by atoms with Crippen LogP contribution in [0.4, 0.5) is 0 Å². The lowest BCUT2D eigenvalue weighted by atomic mass is 10.1. The van der Waals surface area contributed by atoms with Gasteiger partial charge in [-0.2, -0.15) is 0 Å². The zero-order chi connectivity index (χ0) is 8.81. The smallest absolute Gasteiger partial charge is 0.315 e. The number of aliphatic carboxylic acids is 1. The van der Waals surface area contributed by atoms with Crippen LogP contribution >= 0.6 is 0 Å². The van der Waals surface area contributed by atoms with Crippen LogP contribution < -0.4 is 0 Å². The normalized spacial score (nSPS) is 17.0. The summed E-state index contributed by atoms with van der Waals surface area (Å²) in [5, 5.41) is 8.30. The van der Waals surface area contributed by atoms with Crippen LogP contribution in [-0.2, 0) is 4.79 Å². The van der Waals surface area contributed by atoms with Crippen molar-refractivity contribution in [3.8, 4) is 11.8 Å². The molecular weight excluding hydrogens is 152 g/mol. The largest absolute Gasteiger partial charge is 0.481 e. The second-order valence-electron chi connectivity index (χ2n) is 3.28. The third-order valence-corrected chi connectivity index (χ3v) is 2.23. The first-order valence-corrected chi connectivity index (χ1v) is 4.46. The van der Waals surface area contributed by atoms with Crippen LogP contribution in [0.2, 0.25) is 0 Å². The van der Waals surface area contributed by atoms with Crippen molar-refractivity contribution in [2.24, 2.45) is 5.92 Å². The molecule has 0 aromatic rings. The first-order chi connectivity index (χ1) is 5.79. The van der Waals surface area contributed by atoms with E-state index in [9.17, 15) is 4.79 Å². The van der Waals surface area contributed by atoms with E-state index >= 15 is 0 Å². The molecule has 0 radical (unpaired) electrons. The third kappa shape index (κ3) is 3.43. The Morgan fingerprint density at radius 1 is 1.33 bits per heavy atom. The molecule has 0 atom stereocenters. The maximum absolute atomic E-state index is 10.1. The van der Waals surface area contributed by atoms with Crippen LogP contribution in [0.15, 0.2) is 0 Å². The fraction of sp³-hybridized carbons (Fsp3) is 0.700. The molecule has 0 amide bonds. The van der Waals surface area contributed by atoms with Gasteiger partial charge in [-0.25, -0.2) is 0 Å². The Morgan fingerprint density at radius 2 is 2.00 bits per heavy atom. The van der Waals surface area contributed by atoms with E-state index in [0.29, 0.717) is 0 Å². The number of carbonyl (C=O) groups is 1. The minimum absolute atomic E-state index is 0.00722. The molecule has 0 aromatic heterocycles. The summed E-state index contributed by atoms with van der Waals surface area (Å²) in [4.78, 5) is 10.1. The van der Waals surface area contributed by atoms with Gasteiger partial charge in [-0.15, -0.1) is 5.92 Å². The lowest BCUT2D eigenvalue weighted by Crippen LogP contribution is -1.92. The summed E-state index contributed by atoms with van der Waals surface area (Å²) < 4.78 is 0. The molecule has 0 aromatic carbocycles. The Morgan fingerprint density at radius 3 is 2.58 bits per heavy atom. The van der Waals surface area contributed by atoms with Crippen molar-refractivity contribution in [1.29, 1.82) is 0 Å². The average molecular weight is 166 g/mol. The molecule has 2 nitrogen and oxygen atoms in total. The molecular formula is C10H14O2. The summed E-state index contributed by atoms with van der Waals surface area (Å²) in [6, 6.07) is 0. The molecule has 0 saturated heterocycles. The van der Waals surface area contributed by atoms with E-state index in [1.807, 2.05) is 0 Å². The fourth-order valence-electron chi connectivity index (χ4n) is 1.57. The molecule has 1 rings (SSSR count). The lowest BCUT2D eigenvalue weighted by molar-refractivity contribution is -0.135. The van der Waals surface area contributed by atoms with Gasteiger partial charge >= 0.3 is 5.97 Å². The van der Waals surface area contributed by atoms with E-state index in [4.69, 9.17) is 5.11 Å². The van der Waals surface area contributed by atoms with E-state index in [1.54, 1.807) is 0 Å². The van der Waals surface area contributed by atoms with E-state index in [0.717, 1.165) is 12.3 Å². The fourth-order valence-corrected chi connectivity index (χ4v) is 1.57. The van der Waals surface area contributed by atoms with Gasteiger partial charge in [0.15, 0.2) is 0 Å². The molecule has 0 aliphatic heterocycles. The summed E-state index contributed by atoms with van der Waals surface area (Å²) in [5.74, 6) is 5.51. The number of carboxylic acid groups (broad SMARTS) is 1. The number of carboxylic acids is 1. The lowest BCUT2D eigenvalue weighted by Gasteiger charge is -2.00. The van der Waals surface area contributed by atoms with Gasteiger partial charge in [0.2, 0.25) is 0 Å². The molecule has 0 heterocycles. The molecule has 1 N–H and O–H groups in total. The minimum Gasteiger partial charge on any atom is -0.481 e. The Balaban J connectivity index is 2.13. The Hall–Kier alpha value is -0.970. The zero-order valence-corrected chi connectivity index (χ0v) is 7.18. The molecule has 2 heteroatoms. The van der Waals surface area contributed by atoms with Gasteiger partial charge in [0.25, 0.3) is 0 Å². The molecule has 12 heavy (non-hydrogen) atoms. The monoisotopic (exact) mass is 166 g/mol. The second kappa shape index (κ2) is 4.82. The molecule has 1 aliphatic carbocycles. The Kier molecular flexibility index (Phi) is 3.66. The highest BCUT2D eigenvalue weighted by Crippen LogP contribution is 2.26. The van der Waals surface area contributed by atoms with Crippen molar-refractivity contribution in [2.45, 2.75) is 38.5 Å². The van der Waals surface area contributed by atoms with Crippen LogP contribution in [0.25, 0.3) is 0 Å². The van der Waals surface area contributed by atoms with Crippen LogP contribution in [0.5, 0.6) is 0 Å². The summed E-state index contributed by atoms with van der Waals surface area (Å²) in [7, 11) is 0. The standard InChI is InChI=1S/C10H14O2/c11-10(12)8-4-3-7-9-5-1-2-6-9/h9H,1-2,5-8H2,(H,11,12). The van der Waals surface area contributed by atoms with Crippen molar-refractivity contribution in [2.75, 3.05) is 0 Å². The van der Waals surface area contributed by atoms with Crippen molar-refractivity contribution in [3.63, 3.8) is 0 Å². The summed E-state index contributed by atoms with van der Waals surface area (Å²) in [6.45, 7) is 0. The third-order valence-electron chi connectivity index (χ3n) is 2.23. The summed E-state index contributed by atoms with van der Waals surface area (Å²) in [6.07, 6.45) is 6.10. The van der Waals surface area contributed by atoms with Crippen LogP contribution in [0.3, 0.4) is 0 Å². The quantitative estimate of drug-likeness (QED) is 0.637. The Bertz CT molecular complexity index is 204. The number of hydrogen-bond acceptors (Lipinski definition) is 1. The van der Waals surface area contributed by atoms with Gasteiger partial charge in [0, 0.05) is 6.42 Å². The Labute approximate surface area is 73.0 Å². The average Bonchev–Trinajstić information content (AvgIpc) is 2.49. The highest BCUT2D eigenvalue weighted by atomic mass is 16.4. The van der Waals surface area contributed by atoms with Crippen molar-refractivity contribution in [1.82, 2.24) is 0 Å². The van der Waals surface area contributed by atoms with Gasteiger partial charge in [-0.1, -0.05) is 18.8 Å². The predicted molar refractivity (Wildman–Crippen MR) is 46.6 cm³/mol. The van der Waals surface area contributed by atoms with Crippen molar-refractivity contribution in [3.05, 3.63) is 0 Å². The molecule has 0 bridgehead atoms. The predicted octanol–water partition coefficient (Wildman–Crippen LogP) is 2.04. The van der Waals surface area contributed by atoms with Gasteiger partial charge < -0.3 is 5.11 Å². The van der Waals surface area contributed by atoms with Gasteiger partial charge in [-0.3, -0.25) is 4.79 Å². The van der Waals surface area contributed by atoms with Crippen LogP contribution in [-0.4, -0.2) is 11.1 Å².